The second-order valence-electron chi connectivity index (χ2n) is 9.04. The van der Waals surface area contributed by atoms with E-state index in [1.165, 1.54) is 5.56 Å². The first-order valence-electron chi connectivity index (χ1n) is 11.1. The molecule has 2 aliphatic rings. The molecular weight excluding hydrogens is 412 g/mol. The Kier molecular flexibility index (Phi) is 5.98. The first-order valence-corrected chi connectivity index (χ1v) is 11.1. The zero-order valence-corrected chi connectivity index (χ0v) is 20.0. The zero-order valence-electron chi connectivity index (χ0n) is 20.0. The van der Waals surface area contributed by atoms with Gasteiger partial charge in [-0.3, -0.25) is 4.99 Å². The normalized spacial score (nSPS) is 18.2. The van der Waals surface area contributed by atoms with Crippen LogP contribution in [0.2, 0.25) is 0 Å². The summed E-state index contributed by atoms with van der Waals surface area (Å²) in [5, 5.41) is 0. The van der Waals surface area contributed by atoms with E-state index < -0.39 is 12.3 Å². The molecule has 0 fully saturated rings. The number of para-hydroxylation sites is 1. The molecule has 2 aliphatic carbocycles. The molecule has 0 bridgehead atoms. The molecule has 0 aliphatic heterocycles. The fraction of sp³-hybridized carbons (Fsp3) is 0.286. The maximum atomic E-state index is 12.6. The van der Waals surface area contributed by atoms with Gasteiger partial charge in [0.25, 0.3) is 0 Å². The number of fused-ring (bicyclic) bond motifs is 2. The van der Waals surface area contributed by atoms with Crippen LogP contribution in [0, 0.1) is 0 Å². The van der Waals surface area contributed by atoms with Crippen LogP contribution in [0.5, 0.6) is 5.75 Å². The number of aliphatic imine (C=N–C) groups is 1. The Morgan fingerprint density at radius 1 is 1.06 bits per heavy atom. The SMILES string of the molecule is CN=C1C=CC2=C(C(C)OC(=O)Oc3ccccc3)c3ccc(N(C)C)cc3C(C)(C)C2=C1. The highest BCUT2D eigenvalue weighted by Crippen LogP contribution is 2.50. The first kappa shape index (κ1) is 22.6. The second kappa shape index (κ2) is 8.74. The number of hydrogen-bond acceptors (Lipinski definition) is 5. The number of ether oxygens (including phenoxy) is 2. The van der Waals surface area contributed by atoms with E-state index in [2.05, 4.69) is 54.1 Å². The van der Waals surface area contributed by atoms with Crippen molar-refractivity contribution in [2.75, 3.05) is 26.0 Å². The Morgan fingerprint density at radius 3 is 2.45 bits per heavy atom. The van der Waals surface area contributed by atoms with Crippen molar-refractivity contribution in [3.63, 3.8) is 0 Å². The fourth-order valence-corrected chi connectivity index (χ4v) is 4.53. The van der Waals surface area contributed by atoms with Gasteiger partial charge >= 0.3 is 6.16 Å². The summed E-state index contributed by atoms with van der Waals surface area (Å²) < 4.78 is 11.2. The summed E-state index contributed by atoms with van der Waals surface area (Å²) in [5.41, 5.74) is 7.27. The lowest BCUT2D eigenvalue weighted by Gasteiger charge is -2.40. The van der Waals surface area contributed by atoms with Gasteiger partial charge in [0.1, 0.15) is 11.9 Å². The molecule has 2 aromatic rings. The highest BCUT2D eigenvalue weighted by molar-refractivity contribution is 6.08. The van der Waals surface area contributed by atoms with E-state index in [9.17, 15) is 4.79 Å². The standard InChI is InChI=1S/C28H30N2O3/c1-18(32-27(31)33-21-10-8-7-9-11-21)26-22-14-12-19(29-4)16-24(22)28(2,3)25-17-20(30(5)6)13-15-23(25)26/h7-18H,1-6H3. The quantitative estimate of drug-likeness (QED) is 0.432. The molecule has 0 heterocycles. The van der Waals surface area contributed by atoms with Gasteiger partial charge in [-0.2, -0.15) is 0 Å². The minimum absolute atomic E-state index is 0.245. The first-order chi connectivity index (χ1) is 15.7. The number of carbonyl (C=O) groups is 1. The molecular formula is C28H30N2O3. The van der Waals surface area contributed by atoms with Crippen molar-refractivity contribution in [2.24, 2.45) is 4.99 Å². The Morgan fingerprint density at radius 2 is 1.79 bits per heavy atom. The number of hydrogen-bond donors (Lipinski definition) is 0. The van der Waals surface area contributed by atoms with Crippen molar-refractivity contribution in [1.82, 2.24) is 0 Å². The van der Waals surface area contributed by atoms with Crippen LogP contribution in [0.4, 0.5) is 10.5 Å². The average Bonchev–Trinajstić information content (AvgIpc) is 2.79. The summed E-state index contributed by atoms with van der Waals surface area (Å²) >= 11 is 0. The summed E-state index contributed by atoms with van der Waals surface area (Å²) in [5.74, 6) is 0.454. The maximum absolute atomic E-state index is 12.6. The van der Waals surface area contributed by atoms with E-state index in [1.54, 1.807) is 19.2 Å². The van der Waals surface area contributed by atoms with Crippen LogP contribution < -0.4 is 9.64 Å². The van der Waals surface area contributed by atoms with Crippen LogP contribution in [0.3, 0.4) is 0 Å². The van der Waals surface area contributed by atoms with E-state index >= 15 is 0 Å². The van der Waals surface area contributed by atoms with Crippen molar-refractivity contribution < 1.29 is 14.3 Å². The van der Waals surface area contributed by atoms with Crippen molar-refractivity contribution in [1.29, 1.82) is 0 Å². The van der Waals surface area contributed by atoms with Gasteiger partial charge < -0.3 is 14.4 Å². The molecule has 0 saturated heterocycles. The van der Waals surface area contributed by atoms with Gasteiger partial charge in [-0.05, 0) is 65.6 Å². The molecule has 4 rings (SSSR count). The summed E-state index contributed by atoms with van der Waals surface area (Å²) in [6.45, 7) is 6.36. The lowest BCUT2D eigenvalue weighted by Crippen LogP contribution is -2.32. The van der Waals surface area contributed by atoms with Gasteiger partial charge in [0, 0.05) is 37.8 Å². The molecule has 0 N–H and O–H groups in total. The molecule has 170 valence electrons. The predicted octanol–water partition coefficient (Wildman–Crippen LogP) is 5.97. The highest BCUT2D eigenvalue weighted by atomic mass is 16.7. The number of nitrogens with zero attached hydrogens (tertiary/aromatic N) is 2. The Balaban J connectivity index is 1.79. The number of anilines is 1. The molecule has 0 aromatic heterocycles. The second-order valence-corrected chi connectivity index (χ2v) is 9.04. The fourth-order valence-electron chi connectivity index (χ4n) is 4.53. The third-order valence-electron chi connectivity index (χ3n) is 6.33. The molecule has 0 amide bonds. The van der Waals surface area contributed by atoms with Gasteiger partial charge in [-0.15, -0.1) is 0 Å². The predicted molar refractivity (Wildman–Crippen MR) is 134 cm³/mol. The van der Waals surface area contributed by atoms with Crippen LogP contribution in [-0.2, 0) is 10.2 Å². The lowest BCUT2D eigenvalue weighted by molar-refractivity contribution is 0.0851. The topological polar surface area (TPSA) is 51.1 Å². The summed E-state index contributed by atoms with van der Waals surface area (Å²) in [7, 11) is 5.87. The third-order valence-corrected chi connectivity index (χ3v) is 6.33. The smallest absolute Gasteiger partial charge is 0.426 e. The third kappa shape index (κ3) is 4.23. The summed E-state index contributed by atoms with van der Waals surface area (Å²) in [6.07, 6.45) is 4.99. The maximum Gasteiger partial charge on any atom is 0.514 e. The molecule has 0 spiro atoms. The van der Waals surface area contributed by atoms with E-state index in [-0.39, 0.29) is 5.41 Å². The Bertz CT molecular complexity index is 1200. The summed E-state index contributed by atoms with van der Waals surface area (Å²) in [6, 6.07) is 15.4. The number of carbonyl (C=O) groups excluding carboxylic acids is 1. The molecule has 1 unspecified atom stereocenters. The van der Waals surface area contributed by atoms with Gasteiger partial charge in [-0.25, -0.2) is 4.79 Å². The molecule has 0 radical (unpaired) electrons. The number of allylic oxidation sites excluding steroid dienone is 5. The van der Waals surface area contributed by atoms with Crippen molar-refractivity contribution >= 4 is 23.1 Å². The van der Waals surface area contributed by atoms with E-state index in [4.69, 9.17) is 9.47 Å². The Hall–Kier alpha value is -3.60. The van der Waals surface area contributed by atoms with Gasteiger partial charge in [0.2, 0.25) is 0 Å². The molecule has 5 nitrogen and oxygen atoms in total. The monoisotopic (exact) mass is 442 g/mol. The zero-order chi connectivity index (χ0) is 23.8. The minimum atomic E-state index is -0.723. The average molecular weight is 443 g/mol. The van der Waals surface area contributed by atoms with Gasteiger partial charge in [0.05, 0.1) is 5.71 Å². The number of rotatable bonds is 4. The molecule has 1 atom stereocenters. The molecule has 33 heavy (non-hydrogen) atoms. The van der Waals surface area contributed by atoms with E-state index in [1.807, 2.05) is 45.3 Å². The van der Waals surface area contributed by atoms with Crippen LogP contribution in [0.1, 0.15) is 31.9 Å². The van der Waals surface area contributed by atoms with Gasteiger partial charge in [0.15, 0.2) is 0 Å². The van der Waals surface area contributed by atoms with E-state index in [0.29, 0.717) is 5.75 Å². The Labute approximate surface area is 195 Å². The van der Waals surface area contributed by atoms with Crippen LogP contribution in [0.25, 0.3) is 5.57 Å². The van der Waals surface area contributed by atoms with Crippen molar-refractivity contribution in [2.45, 2.75) is 32.3 Å². The molecule has 2 aromatic carbocycles. The lowest BCUT2D eigenvalue weighted by atomic mass is 9.64. The van der Waals surface area contributed by atoms with E-state index in [0.717, 1.165) is 33.7 Å². The molecule has 5 heteroatoms. The minimum Gasteiger partial charge on any atom is -0.426 e. The van der Waals surface area contributed by atoms with Gasteiger partial charge in [-0.1, -0.05) is 44.2 Å². The van der Waals surface area contributed by atoms with Crippen molar-refractivity contribution in [3.8, 4) is 5.75 Å². The molecule has 0 saturated carbocycles. The largest absolute Gasteiger partial charge is 0.514 e. The van der Waals surface area contributed by atoms with Crippen LogP contribution >= 0.6 is 0 Å². The van der Waals surface area contributed by atoms with Crippen molar-refractivity contribution in [3.05, 3.63) is 89.0 Å². The van der Waals surface area contributed by atoms with Crippen LogP contribution in [-0.4, -0.2) is 39.1 Å². The highest BCUT2D eigenvalue weighted by Gasteiger charge is 2.39. The summed E-state index contributed by atoms with van der Waals surface area (Å²) in [4.78, 5) is 19.1. The van der Waals surface area contributed by atoms with Crippen LogP contribution in [0.15, 0.2) is 82.9 Å². The number of benzene rings is 2.